The minimum Gasteiger partial charge on any atom is -0.376 e. The molecule has 7 nitrogen and oxygen atoms in total. The van der Waals surface area contributed by atoms with Crippen molar-refractivity contribution in [3.63, 3.8) is 0 Å². The van der Waals surface area contributed by atoms with Gasteiger partial charge in [0.15, 0.2) is 5.78 Å². The van der Waals surface area contributed by atoms with E-state index in [1.165, 1.54) is 52.5 Å². The second kappa shape index (κ2) is 9.29. The number of Topliss-reactive ketones (excluding diaryl/α,β-unsaturated/α-hetero) is 1. The highest BCUT2D eigenvalue weighted by molar-refractivity contribution is 7.89. The molecule has 0 aliphatic carbocycles. The first-order valence-corrected chi connectivity index (χ1v) is 11.2. The van der Waals surface area contributed by atoms with E-state index in [0.29, 0.717) is 5.56 Å². The standard InChI is InChI=1S/C21H22F3N3O4S/c1-15(28)16-4-2-7-19(12-16)32(30,31)27-10-8-26(9-11-27)20(29)14-25-18-6-3-5-17(13-18)21(22,23)24/h2-7,12-13,25H,8-11,14H2,1H3. The Labute approximate surface area is 183 Å². The third-order valence-electron chi connectivity index (χ3n) is 5.10. The molecule has 1 saturated heterocycles. The summed E-state index contributed by atoms with van der Waals surface area (Å²) in [6.45, 7) is 1.57. The predicted octanol–water partition coefficient (Wildman–Crippen LogP) is 2.85. The van der Waals surface area contributed by atoms with Crippen LogP contribution in [-0.2, 0) is 21.0 Å². The number of carbonyl (C=O) groups excluding carboxylic acids is 2. The molecule has 0 spiro atoms. The Balaban J connectivity index is 1.58. The van der Waals surface area contributed by atoms with Crippen molar-refractivity contribution in [1.29, 1.82) is 0 Å². The van der Waals surface area contributed by atoms with Crippen molar-refractivity contribution in [2.75, 3.05) is 38.0 Å². The van der Waals surface area contributed by atoms with Gasteiger partial charge in [0.05, 0.1) is 17.0 Å². The molecule has 0 radical (unpaired) electrons. The number of halogens is 3. The van der Waals surface area contributed by atoms with Crippen LogP contribution in [0.15, 0.2) is 53.4 Å². The Morgan fingerprint density at radius 3 is 2.28 bits per heavy atom. The number of ketones is 1. The van der Waals surface area contributed by atoms with Gasteiger partial charge in [0, 0.05) is 37.4 Å². The molecule has 32 heavy (non-hydrogen) atoms. The molecule has 1 aliphatic heterocycles. The summed E-state index contributed by atoms with van der Waals surface area (Å²) in [6, 6.07) is 10.3. The Hall–Kier alpha value is -2.92. The van der Waals surface area contributed by atoms with Gasteiger partial charge in [-0.2, -0.15) is 17.5 Å². The number of nitrogens with one attached hydrogen (secondary N) is 1. The van der Waals surface area contributed by atoms with Crippen LogP contribution in [0, 0.1) is 0 Å². The number of benzene rings is 2. The van der Waals surface area contributed by atoms with Crippen LogP contribution in [0.2, 0.25) is 0 Å². The van der Waals surface area contributed by atoms with E-state index in [1.807, 2.05) is 0 Å². The lowest BCUT2D eigenvalue weighted by Gasteiger charge is -2.34. The molecule has 0 unspecified atom stereocenters. The summed E-state index contributed by atoms with van der Waals surface area (Å²) in [7, 11) is -3.82. The van der Waals surface area contributed by atoms with E-state index in [9.17, 15) is 31.2 Å². The molecule has 0 saturated carbocycles. The average Bonchev–Trinajstić information content (AvgIpc) is 2.77. The Morgan fingerprint density at radius 2 is 1.66 bits per heavy atom. The van der Waals surface area contributed by atoms with Gasteiger partial charge in [0.1, 0.15) is 0 Å². The monoisotopic (exact) mass is 469 g/mol. The highest BCUT2D eigenvalue weighted by Crippen LogP contribution is 2.30. The molecule has 0 bridgehead atoms. The molecule has 11 heteroatoms. The first kappa shape index (κ1) is 23.7. The van der Waals surface area contributed by atoms with Crippen LogP contribution in [0.3, 0.4) is 0 Å². The van der Waals surface area contributed by atoms with Crippen LogP contribution < -0.4 is 5.32 Å². The van der Waals surface area contributed by atoms with Gasteiger partial charge in [-0.3, -0.25) is 9.59 Å². The molecule has 1 aliphatic rings. The molecule has 3 rings (SSSR count). The van der Waals surface area contributed by atoms with E-state index in [4.69, 9.17) is 0 Å². The van der Waals surface area contributed by atoms with Gasteiger partial charge >= 0.3 is 6.18 Å². The van der Waals surface area contributed by atoms with Crippen molar-refractivity contribution in [2.24, 2.45) is 0 Å². The minimum atomic E-state index is -4.48. The summed E-state index contributed by atoms with van der Waals surface area (Å²) in [5.41, 5.74) is -0.358. The number of hydrogen-bond acceptors (Lipinski definition) is 5. The van der Waals surface area contributed by atoms with Crippen LogP contribution in [-0.4, -0.2) is 62.0 Å². The molecular formula is C21H22F3N3O4S. The Bertz CT molecular complexity index is 1110. The second-order valence-corrected chi connectivity index (χ2v) is 9.24. The van der Waals surface area contributed by atoms with E-state index >= 15 is 0 Å². The number of hydrogen-bond donors (Lipinski definition) is 1. The normalized spacial score (nSPS) is 15.4. The van der Waals surface area contributed by atoms with Gasteiger partial charge < -0.3 is 10.2 Å². The quantitative estimate of drug-likeness (QED) is 0.658. The molecule has 1 fully saturated rings. The fraction of sp³-hybridized carbons (Fsp3) is 0.333. The lowest BCUT2D eigenvalue weighted by Crippen LogP contribution is -2.51. The zero-order valence-corrected chi connectivity index (χ0v) is 18.0. The van der Waals surface area contributed by atoms with Crippen molar-refractivity contribution in [3.8, 4) is 0 Å². The molecule has 2 aromatic rings. The van der Waals surface area contributed by atoms with E-state index in [-0.39, 0.29) is 55.0 Å². The van der Waals surface area contributed by atoms with Crippen molar-refractivity contribution in [3.05, 3.63) is 59.7 Å². The lowest BCUT2D eigenvalue weighted by atomic mass is 10.2. The topological polar surface area (TPSA) is 86.8 Å². The van der Waals surface area contributed by atoms with Gasteiger partial charge in [0.2, 0.25) is 15.9 Å². The van der Waals surface area contributed by atoms with E-state index < -0.39 is 21.8 Å². The second-order valence-electron chi connectivity index (χ2n) is 7.30. The summed E-state index contributed by atoms with van der Waals surface area (Å²) in [6.07, 6.45) is -4.48. The minimum absolute atomic E-state index is 0.0104. The third-order valence-corrected chi connectivity index (χ3v) is 7.00. The first-order valence-electron chi connectivity index (χ1n) is 9.78. The lowest BCUT2D eigenvalue weighted by molar-refractivity contribution is -0.137. The number of sulfonamides is 1. The Kier molecular flexibility index (Phi) is 6.89. The number of rotatable bonds is 6. The average molecular weight is 469 g/mol. The van der Waals surface area contributed by atoms with Crippen molar-refractivity contribution < 1.29 is 31.2 Å². The van der Waals surface area contributed by atoms with Crippen molar-refractivity contribution in [1.82, 2.24) is 9.21 Å². The number of anilines is 1. The van der Waals surface area contributed by atoms with Gasteiger partial charge in [-0.15, -0.1) is 0 Å². The van der Waals surface area contributed by atoms with Crippen LogP contribution in [0.25, 0.3) is 0 Å². The summed E-state index contributed by atoms with van der Waals surface area (Å²) in [5, 5.41) is 2.68. The number of carbonyl (C=O) groups is 2. The summed E-state index contributed by atoms with van der Waals surface area (Å²) in [4.78, 5) is 25.4. The third kappa shape index (κ3) is 5.46. The van der Waals surface area contributed by atoms with Gasteiger partial charge in [-0.25, -0.2) is 8.42 Å². The molecule has 1 N–H and O–H groups in total. The molecule has 0 aromatic heterocycles. The van der Waals surface area contributed by atoms with E-state index in [2.05, 4.69) is 5.32 Å². The van der Waals surface area contributed by atoms with Gasteiger partial charge in [-0.1, -0.05) is 18.2 Å². The number of amides is 1. The first-order chi connectivity index (χ1) is 15.0. The highest BCUT2D eigenvalue weighted by Gasteiger charge is 2.31. The number of nitrogens with zero attached hydrogens (tertiary/aromatic N) is 2. The predicted molar refractivity (Wildman–Crippen MR) is 112 cm³/mol. The SMILES string of the molecule is CC(=O)c1cccc(S(=O)(=O)N2CCN(C(=O)CNc3cccc(C(F)(F)F)c3)CC2)c1. The number of piperazine rings is 1. The highest BCUT2D eigenvalue weighted by atomic mass is 32.2. The van der Waals surface area contributed by atoms with Crippen LogP contribution in [0.4, 0.5) is 18.9 Å². The fourth-order valence-corrected chi connectivity index (χ4v) is 4.77. The van der Waals surface area contributed by atoms with Crippen LogP contribution >= 0.6 is 0 Å². The number of alkyl halides is 3. The zero-order valence-electron chi connectivity index (χ0n) is 17.2. The largest absolute Gasteiger partial charge is 0.416 e. The summed E-state index contributed by atoms with van der Waals surface area (Å²) in [5.74, 6) is -0.594. The summed E-state index contributed by atoms with van der Waals surface area (Å²) < 4.78 is 65.4. The van der Waals surface area contributed by atoms with Gasteiger partial charge in [0.25, 0.3) is 0 Å². The van der Waals surface area contributed by atoms with Gasteiger partial charge in [-0.05, 0) is 37.3 Å². The van der Waals surface area contributed by atoms with Crippen LogP contribution in [0.1, 0.15) is 22.8 Å². The molecular weight excluding hydrogens is 447 g/mol. The molecule has 1 amide bonds. The van der Waals surface area contributed by atoms with Crippen LogP contribution in [0.5, 0.6) is 0 Å². The summed E-state index contributed by atoms with van der Waals surface area (Å²) >= 11 is 0. The Morgan fingerprint density at radius 1 is 1.00 bits per heavy atom. The van der Waals surface area contributed by atoms with E-state index in [0.717, 1.165) is 12.1 Å². The maximum absolute atomic E-state index is 12.9. The molecule has 172 valence electrons. The fourth-order valence-electron chi connectivity index (χ4n) is 3.30. The molecule has 2 aromatic carbocycles. The molecule has 1 heterocycles. The maximum atomic E-state index is 12.9. The maximum Gasteiger partial charge on any atom is 0.416 e. The molecule has 0 atom stereocenters. The van der Waals surface area contributed by atoms with Crippen molar-refractivity contribution in [2.45, 2.75) is 18.0 Å². The van der Waals surface area contributed by atoms with E-state index in [1.54, 1.807) is 0 Å². The van der Waals surface area contributed by atoms with Crippen molar-refractivity contribution >= 4 is 27.4 Å². The smallest absolute Gasteiger partial charge is 0.376 e. The zero-order chi connectivity index (χ0) is 23.5.